The van der Waals surface area contributed by atoms with Gasteiger partial charge < -0.3 is 15.2 Å². The molecule has 0 saturated heterocycles. The molecule has 0 fully saturated rings. The first kappa shape index (κ1) is 17.4. The molecule has 0 aliphatic heterocycles. The molecule has 0 aliphatic carbocycles. The molecule has 0 spiro atoms. The predicted octanol–water partition coefficient (Wildman–Crippen LogP) is -0.704. The number of methoxy groups -OCH3 is 1. The fourth-order valence-corrected chi connectivity index (χ4v) is 2.24. The van der Waals surface area contributed by atoms with Crippen molar-refractivity contribution in [2.45, 2.75) is 19.1 Å². The third-order valence-corrected chi connectivity index (χ3v) is 3.51. The number of aryl methyl sites for hydroxylation is 1. The highest BCUT2D eigenvalue weighted by Gasteiger charge is 2.17. The molecule has 0 radical (unpaired) electrons. The van der Waals surface area contributed by atoms with Crippen LogP contribution < -0.4 is 16.6 Å². The van der Waals surface area contributed by atoms with E-state index in [9.17, 15) is 19.2 Å². The number of nitrogens with zero attached hydrogens (tertiary/aromatic N) is 1. The number of carboxylic acids is 1. The first-order chi connectivity index (χ1) is 11.4. The molecule has 1 unspecified atom stereocenters. The molecule has 1 amide bonds. The number of hydrogen-bond donors (Lipinski definition) is 3. The van der Waals surface area contributed by atoms with Gasteiger partial charge in [0.15, 0.2) is 6.10 Å². The van der Waals surface area contributed by atoms with Gasteiger partial charge in [0.25, 0.3) is 5.56 Å². The van der Waals surface area contributed by atoms with Crippen molar-refractivity contribution in [2.24, 2.45) is 0 Å². The number of fused-ring (bicyclic) bond motifs is 1. The molecule has 24 heavy (non-hydrogen) atoms. The van der Waals surface area contributed by atoms with Gasteiger partial charge in [-0.05, 0) is 12.1 Å². The third-order valence-electron chi connectivity index (χ3n) is 3.51. The smallest absolute Gasteiger partial charge is 0.334 e. The highest BCUT2D eigenvalue weighted by atomic mass is 16.5. The lowest BCUT2D eigenvalue weighted by Crippen LogP contribution is -2.38. The van der Waals surface area contributed by atoms with Gasteiger partial charge in [0.05, 0.1) is 17.4 Å². The molecule has 2 aromatic rings. The SMILES string of the molecule is COC(CNC(=O)CCn1c(=O)[nH]c(=O)c2ccccc21)C(=O)O. The Kier molecular flexibility index (Phi) is 5.48. The molecule has 0 saturated carbocycles. The van der Waals surface area contributed by atoms with Crippen molar-refractivity contribution in [1.82, 2.24) is 14.9 Å². The van der Waals surface area contributed by atoms with Crippen LogP contribution in [0.1, 0.15) is 6.42 Å². The highest BCUT2D eigenvalue weighted by molar-refractivity contribution is 5.79. The van der Waals surface area contributed by atoms with Gasteiger partial charge in [0.2, 0.25) is 5.91 Å². The van der Waals surface area contributed by atoms with Gasteiger partial charge in [-0.1, -0.05) is 12.1 Å². The molecule has 9 nitrogen and oxygen atoms in total. The van der Waals surface area contributed by atoms with E-state index in [1.54, 1.807) is 24.3 Å². The average Bonchev–Trinajstić information content (AvgIpc) is 2.55. The van der Waals surface area contributed by atoms with E-state index in [1.165, 1.54) is 11.7 Å². The third kappa shape index (κ3) is 3.87. The Labute approximate surface area is 135 Å². The summed E-state index contributed by atoms with van der Waals surface area (Å²) in [5, 5.41) is 11.6. The fraction of sp³-hybridized carbons (Fsp3) is 0.333. The molecule has 2 rings (SSSR count). The van der Waals surface area contributed by atoms with Gasteiger partial charge in [0.1, 0.15) is 0 Å². The van der Waals surface area contributed by atoms with E-state index in [0.717, 1.165) is 0 Å². The number of aliphatic carboxylic acids is 1. The Hall–Kier alpha value is -2.94. The quantitative estimate of drug-likeness (QED) is 0.613. The maximum Gasteiger partial charge on any atom is 0.334 e. The van der Waals surface area contributed by atoms with Crippen molar-refractivity contribution >= 4 is 22.8 Å². The first-order valence-electron chi connectivity index (χ1n) is 7.18. The summed E-state index contributed by atoms with van der Waals surface area (Å²) in [5.41, 5.74) is -0.660. The summed E-state index contributed by atoms with van der Waals surface area (Å²) in [7, 11) is 1.23. The normalized spacial score (nSPS) is 12.0. The fourth-order valence-electron chi connectivity index (χ4n) is 2.24. The standard InChI is InChI=1S/C15H17N3O6/c1-24-11(14(21)22)8-16-12(19)6-7-18-10-5-3-2-4-9(10)13(20)17-15(18)23/h2-5,11H,6-8H2,1H3,(H,16,19)(H,21,22)(H,17,20,23). The van der Waals surface area contributed by atoms with E-state index in [-0.39, 0.29) is 19.5 Å². The monoisotopic (exact) mass is 335 g/mol. The Bertz CT molecular complexity index is 869. The lowest BCUT2D eigenvalue weighted by atomic mass is 10.2. The summed E-state index contributed by atoms with van der Waals surface area (Å²) in [5.74, 6) is -1.61. The van der Waals surface area contributed by atoms with Crippen molar-refractivity contribution in [3.63, 3.8) is 0 Å². The Morgan fingerprint density at radius 2 is 2.04 bits per heavy atom. The maximum absolute atomic E-state index is 11.9. The molecule has 0 bridgehead atoms. The number of H-pyrrole nitrogens is 1. The molecule has 128 valence electrons. The van der Waals surface area contributed by atoms with Crippen LogP contribution in [-0.4, -0.2) is 46.3 Å². The zero-order valence-electron chi connectivity index (χ0n) is 12.9. The lowest BCUT2D eigenvalue weighted by molar-refractivity contribution is -0.148. The number of para-hydroxylation sites is 1. The summed E-state index contributed by atoms with van der Waals surface area (Å²) in [6, 6.07) is 6.57. The van der Waals surface area contributed by atoms with Crippen LogP contribution in [0.3, 0.4) is 0 Å². The van der Waals surface area contributed by atoms with Gasteiger partial charge in [-0.15, -0.1) is 0 Å². The maximum atomic E-state index is 11.9. The molecule has 1 aromatic carbocycles. The van der Waals surface area contributed by atoms with E-state index < -0.39 is 29.2 Å². The number of benzene rings is 1. The highest BCUT2D eigenvalue weighted by Crippen LogP contribution is 2.07. The second-order valence-corrected chi connectivity index (χ2v) is 5.04. The Morgan fingerprint density at radius 3 is 2.71 bits per heavy atom. The van der Waals surface area contributed by atoms with Crippen LogP contribution in [-0.2, 0) is 20.9 Å². The summed E-state index contributed by atoms with van der Waals surface area (Å²) >= 11 is 0. The number of aromatic nitrogens is 2. The number of ether oxygens (including phenoxy) is 1. The second kappa shape index (κ2) is 7.55. The average molecular weight is 335 g/mol. The van der Waals surface area contributed by atoms with E-state index in [4.69, 9.17) is 9.84 Å². The molecule has 1 aromatic heterocycles. The molecule has 3 N–H and O–H groups in total. The molecule has 1 atom stereocenters. The number of nitrogens with one attached hydrogen (secondary N) is 2. The molecule has 9 heteroatoms. The van der Waals surface area contributed by atoms with Gasteiger partial charge in [0, 0.05) is 20.1 Å². The van der Waals surface area contributed by atoms with E-state index in [1.807, 2.05) is 0 Å². The van der Waals surface area contributed by atoms with Crippen molar-refractivity contribution in [3.05, 3.63) is 45.1 Å². The van der Waals surface area contributed by atoms with E-state index in [0.29, 0.717) is 10.9 Å². The zero-order chi connectivity index (χ0) is 17.7. The van der Waals surface area contributed by atoms with Crippen LogP contribution >= 0.6 is 0 Å². The summed E-state index contributed by atoms with van der Waals surface area (Å²) in [6.45, 7) is -0.126. The van der Waals surface area contributed by atoms with Crippen LogP contribution in [0, 0.1) is 0 Å². The van der Waals surface area contributed by atoms with Gasteiger partial charge in [-0.25, -0.2) is 9.59 Å². The summed E-state index contributed by atoms with van der Waals surface area (Å²) in [6.07, 6.45) is -1.18. The lowest BCUT2D eigenvalue weighted by Gasteiger charge is -2.12. The number of carboxylic acid groups (broad SMARTS) is 1. The minimum Gasteiger partial charge on any atom is -0.479 e. The minimum absolute atomic E-state index is 0.0483. The summed E-state index contributed by atoms with van der Waals surface area (Å²) in [4.78, 5) is 48.5. The van der Waals surface area contributed by atoms with Crippen molar-refractivity contribution in [3.8, 4) is 0 Å². The zero-order valence-corrected chi connectivity index (χ0v) is 12.9. The van der Waals surface area contributed by atoms with E-state index >= 15 is 0 Å². The second-order valence-electron chi connectivity index (χ2n) is 5.04. The van der Waals surface area contributed by atoms with Crippen LogP contribution in [0.4, 0.5) is 0 Å². The first-order valence-corrected chi connectivity index (χ1v) is 7.18. The Morgan fingerprint density at radius 1 is 1.33 bits per heavy atom. The molecular weight excluding hydrogens is 318 g/mol. The molecular formula is C15H17N3O6. The predicted molar refractivity (Wildman–Crippen MR) is 84.9 cm³/mol. The van der Waals surface area contributed by atoms with Crippen LogP contribution in [0.15, 0.2) is 33.9 Å². The van der Waals surface area contributed by atoms with Crippen molar-refractivity contribution in [2.75, 3.05) is 13.7 Å². The number of amides is 1. The summed E-state index contributed by atoms with van der Waals surface area (Å²) < 4.78 is 6.00. The topological polar surface area (TPSA) is 130 Å². The number of carbonyl (C=O) groups excluding carboxylic acids is 1. The van der Waals surface area contributed by atoms with Crippen LogP contribution in [0.2, 0.25) is 0 Å². The Balaban J connectivity index is 2.09. The number of rotatable bonds is 7. The minimum atomic E-state index is -1.18. The number of aromatic amines is 1. The van der Waals surface area contributed by atoms with Gasteiger partial charge >= 0.3 is 11.7 Å². The van der Waals surface area contributed by atoms with Crippen molar-refractivity contribution in [1.29, 1.82) is 0 Å². The number of hydrogen-bond acceptors (Lipinski definition) is 5. The van der Waals surface area contributed by atoms with Crippen LogP contribution in [0.25, 0.3) is 10.9 Å². The molecule has 0 aliphatic rings. The van der Waals surface area contributed by atoms with E-state index in [2.05, 4.69) is 10.3 Å². The van der Waals surface area contributed by atoms with Crippen molar-refractivity contribution < 1.29 is 19.4 Å². The van der Waals surface area contributed by atoms with Crippen LogP contribution in [0.5, 0.6) is 0 Å². The molecule has 1 heterocycles. The van der Waals surface area contributed by atoms with Gasteiger partial charge in [-0.3, -0.25) is 19.1 Å². The number of carbonyl (C=O) groups is 2. The van der Waals surface area contributed by atoms with Gasteiger partial charge in [-0.2, -0.15) is 0 Å². The largest absolute Gasteiger partial charge is 0.479 e.